The molecule has 0 radical (unpaired) electrons. The average Bonchev–Trinajstić information content (AvgIpc) is 3.23. The van der Waals surface area contributed by atoms with Gasteiger partial charge in [0.05, 0.1) is 44.8 Å². The zero-order valence-electron chi connectivity index (χ0n) is 15.5. The van der Waals surface area contributed by atoms with Gasteiger partial charge in [-0.05, 0) is 43.2 Å². The average molecular weight is 440 g/mol. The largest absolute Gasteiger partial charge is 0.370 e. The van der Waals surface area contributed by atoms with Crippen LogP contribution in [0.3, 0.4) is 0 Å². The van der Waals surface area contributed by atoms with Crippen molar-refractivity contribution in [2.45, 2.75) is 31.7 Å². The van der Waals surface area contributed by atoms with Gasteiger partial charge < -0.3 is 10.2 Å². The highest BCUT2D eigenvalue weighted by molar-refractivity contribution is 7.18. The van der Waals surface area contributed by atoms with Crippen molar-refractivity contribution in [2.24, 2.45) is 0 Å². The Hall–Kier alpha value is -1.47. The van der Waals surface area contributed by atoms with Gasteiger partial charge in [-0.15, -0.1) is 11.3 Å². The van der Waals surface area contributed by atoms with Crippen molar-refractivity contribution < 1.29 is 9.63 Å². The SMILES string of the molecule is O=C(NC1CON(c2ccc(N3CCCCCC3)c(Cl)c2)C1)c1ccc(Cl)s1. The highest BCUT2D eigenvalue weighted by atomic mass is 35.5. The Balaban J connectivity index is 1.38. The quantitative estimate of drug-likeness (QED) is 0.728. The van der Waals surface area contributed by atoms with Crippen LogP contribution in [0.4, 0.5) is 11.4 Å². The standard InChI is InChI=1S/C20H23Cl2N3O2S/c21-16-11-15(5-6-17(16)24-9-3-1-2-4-10-24)25-12-14(13-27-25)23-20(26)18-7-8-19(22)28-18/h5-8,11,14H,1-4,9-10,12-13H2,(H,23,26). The number of nitrogens with one attached hydrogen (secondary N) is 1. The van der Waals surface area contributed by atoms with Crippen LogP contribution in [0.2, 0.25) is 9.36 Å². The number of anilines is 2. The van der Waals surface area contributed by atoms with Crippen molar-refractivity contribution in [3.8, 4) is 0 Å². The summed E-state index contributed by atoms with van der Waals surface area (Å²) in [6.45, 7) is 3.11. The number of halogens is 2. The first-order valence-electron chi connectivity index (χ1n) is 9.61. The Labute approximate surface area is 179 Å². The van der Waals surface area contributed by atoms with E-state index in [1.54, 1.807) is 17.2 Å². The number of amides is 1. The molecule has 2 aliphatic rings. The van der Waals surface area contributed by atoms with Gasteiger partial charge in [-0.2, -0.15) is 0 Å². The summed E-state index contributed by atoms with van der Waals surface area (Å²) in [5.41, 5.74) is 1.99. The zero-order valence-corrected chi connectivity index (χ0v) is 17.8. The number of hydrogen-bond donors (Lipinski definition) is 1. The van der Waals surface area contributed by atoms with E-state index < -0.39 is 0 Å². The number of rotatable bonds is 4. The molecule has 3 heterocycles. The van der Waals surface area contributed by atoms with Crippen molar-refractivity contribution in [2.75, 3.05) is 36.2 Å². The summed E-state index contributed by atoms with van der Waals surface area (Å²) in [5, 5.41) is 5.53. The van der Waals surface area contributed by atoms with Crippen LogP contribution in [0.1, 0.15) is 35.4 Å². The highest BCUT2D eigenvalue weighted by Gasteiger charge is 2.27. The van der Waals surface area contributed by atoms with E-state index in [1.165, 1.54) is 37.0 Å². The van der Waals surface area contributed by atoms with Gasteiger partial charge in [0, 0.05) is 13.1 Å². The van der Waals surface area contributed by atoms with Crippen LogP contribution in [-0.2, 0) is 4.84 Å². The maximum Gasteiger partial charge on any atom is 0.261 e. The van der Waals surface area contributed by atoms with Gasteiger partial charge in [0.1, 0.15) is 0 Å². The maximum atomic E-state index is 12.3. The predicted molar refractivity (Wildman–Crippen MR) is 116 cm³/mol. The molecule has 0 spiro atoms. The predicted octanol–water partition coefficient (Wildman–Crippen LogP) is 4.99. The lowest BCUT2D eigenvalue weighted by Gasteiger charge is -2.25. The van der Waals surface area contributed by atoms with E-state index >= 15 is 0 Å². The zero-order chi connectivity index (χ0) is 19.5. The molecular formula is C20H23Cl2N3O2S. The number of hydroxylamine groups is 1. The number of nitrogens with zero attached hydrogens (tertiary/aromatic N) is 2. The van der Waals surface area contributed by atoms with E-state index in [9.17, 15) is 4.79 Å². The van der Waals surface area contributed by atoms with Crippen molar-refractivity contribution in [1.82, 2.24) is 5.32 Å². The Morgan fingerprint density at radius 1 is 1.11 bits per heavy atom. The number of benzene rings is 1. The molecule has 4 rings (SSSR count). The molecule has 2 fully saturated rings. The summed E-state index contributed by atoms with van der Waals surface area (Å²) in [6, 6.07) is 9.44. The van der Waals surface area contributed by atoms with Crippen LogP contribution in [0.15, 0.2) is 30.3 Å². The van der Waals surface area contributed by atoms with Crippen LogP contribution in [-0.4, -0.2) is 38.2 Å². The van der Waals surface area contributed by atoms with E-state index in [0.717, 1.165) is 29.5 Å². The Bertz CT molecular complexity index is 837. The second kappa shape index (κ2) is 8.91. The number of thiophene rings is 1. The van der Waals surface area contributed by atoms with Gasteiger partial charge in [-0.25, -0.2) is 0 Å². The highest BCUT2D eigenvalue weighted by Crippen LogP contribution is 2.33. The smallest absolute Gasteiger partial charge is 0.261 e. The lowest BCUT2D eigenvalue weighted by atomic mass is 10.2. The van der Waals surface area contributed by atoms with Gasteiger partial charge in [-0.3, -0.25) is 14.7 Å². The third-order valence-electron chi connectivity index (χ3n) is 5.12. The molecule has 1 atom stereocenters. The van der Waals surface area contributed by atoms with Crippen LogP contribution >= 0.6 is 34.5 Å². The fraction of sp³-hybridized carbons (Fsp3) is 0.450. The molecule has 5 nitrogen and oxygen atoms in total. The third-order valence-corrected chi connectivity index (χ3v) is 6.65. The van der Waals surface area contributed by atoms with Crippen molar-refractivity contribution in [1.29, 1.82) is 0 Å². The van der Waals surface area contributed by atoms with Crippen molar-refractivity contribution in [3.05, 3.63) is 44.6 Å². The molecule has 0 saturated carbocycles. The molecule has 2 aromatic rings. The second-order valence-corrected chi connectivity index (χ2v) is 9.29. The molecule has 1 aromatic heterocycles. The minimum absolute atomic E-state index is 0.0857. The monoisotopic (exact) mass is 439 g/mol. The Morgan fingerprint density at radius 2 is 1.89 bits per heavy atom. The summed E-state index contributed by atoms with van der Waals surface area (Å²) < 4.78 is 0.605. The van der Waals surface area contributed by atoms with Crippen LogP contribution in [0.5, 0.6) is 0 Å². The molecule has 2 aliphatic heterocycles. The van der Waals surface area contributed by atoms with E-state index in [1.807, 2.05) is 12.1 Å². The van der Waals surface area contributed by atoms with E-state index in [2.05, 4.69) is 16.3 Å². The number of carbonyl (C=O) groups is 1. The molecule has 28 heavy (non-hydrogen) atoms. The molecule has 8 heteroatoms. The van der Waals surface area contributed by atoms with Crippen LogP contribution < -0.4 is 15.3 Å². The summed E-state index contributed by atoms with van der Waals surface area (Å²) in [6.07, 6.45) is 5.01. The second-order valence-electron chi connectivity index (χ2n) is 7.17. The minimum atomic E-state index is -0.123. The Morgan fingerprint density at radius 3 is 2.57 bits per heavy atom. The van der Waals surface area contributed by atoms with Crippen molar-refractivity contribution >= 4 is 51.8 Å². The van der Waals surface area contributed by atoms with Gasteiger partial charge in [-0.1, -0.05) is 36.0 Å². The van der Waals surface area contributed by atoms with Gasteiger partial charge >= 0.3 is 0 Å². The normalized spacial score (nSPS) is 20.3. The fourth-order valence-corrected chi connectivity index (χ4v) is 4.91. The molecular weight excluding hydrogens is 417 g/mol. The molecule has 0 aliphatic carbocycles. The minimum Gasteiger partial charge on any atom is -0.370 e. The first-order valence-corrected chi connectivity index (χ1v) is 11.2. The van der Waals surface area contributed by atoms with Crippen molar-refractivity contribution in [3.63, 3.8) is 0 Å². The van der Waals surface area contributed by atoms with E-state index in [0.29, 0.717) is 22.4 Å². The summed E-state index contributed by atoms with van der Waals surface area (Å²) in [5.74, 6) is -0.123. The summed E-state index contributed by atoms with van der Waals surface area (Å²) in [4.78, 5) is 21.1. The lowest BCUT2D eigenvalue weighted by Crippen LogP contribution is -2.38. The first kappa shape index (κ1) is 19.8. The lowest BCUT2D eigenvalue weighted by molar-refractivity contribution is 0.0932. The fourth-order valence-electron chi connectivity index (χ4n) is 3.66. The molecule has 150 valence electrons. The van der Waals surface area contributed by atoms with Gasteiger partial charge in [0.15, 0.2) is 0 Å². The molecule has 1 amide bonds. The van der Waals surface area contributed by atoms with E-state index in [4.69, 9.17) is 28.0 Å². The van der Waals surface area contributed by atoms with Gasteiger partial charge in [0.2, 0.25) is 0 Å². The molecule has 1 aromatic carbocycles. The molecule has 1 unspecified atom stereocenters. The van der Waals surface area contributed by atoms with E-state index in [-0.39, 0.29) is 11.9 Å². The topological polar surface area (TPSA) is 44.8 Å². The molecule has 1 N–H and O–H groups in total. The number of hydrogen-bond acceptors (Lipinski definition) is 5. The third kappa shape index (κ3) is 4.57. The number of carbonyl (C=O) groups excluding carboxylic acids is 1. The Kier molecular flexibility index (Phi) is 6.31. The molecule has 0 bridgehead atoms. The summed E-state index contributed by atoms with van der Waals surface area (Å²) >= 11 is 13.8. The first-order chi connectivity index (χ1) is 13.6. The van der Waals surface area contributed by atoms with Gasteiger partial charge in [0.25, 0.3) is 5.91 Å². The summed E-state index contributed by atoms with van der Waals surface area (Å²) in [7, 11) is 0. The van der Waals surface area contributed by atoms with Crippen LogP contribution in [0.25, 0.3) is 0 Å². The maximum absolute atomic E-state index is 12.3. The molecule has 2 saturated heterocycles. The van der Waals surface area contributed by atoms with Crippen LogP contribution in [0, 0.1) is 0 Å².